The fourth-order valence-electron chi connectivity index (χ4n) is 5.10. The van der Waals surface area contributed by atoms with Crippen LogP contribution in [0.1, 0.15) is 37.3 Å². The Morgan fingerprint density at radius 1 is 1.13 bits per heavy atom. The molecule has 2 aliphatic rings. The van der Waals surface area contributed by atoms with Crippen molar-refractivity contribution in [1.82, 2.24) is 23.9 Å². The van der Waals surface area contributed by atoms with Crippen LogP contribution in [0, 0.1) is 5.92 Å². The zero-order valence-electron chi connectivity index (χ0n) is 17.9. The Balaban J connectivity index is 1.18. The molecule has 0 aliphatic carbocycles. The van der Waals surface area contributed by atoms with Crippen molar-refractivity contribution in [3.63, 3.8) is 0 Å². The van der Waals surface area contributed by atoms with Crippen LogP contribution in [-0.2, 0) is 18.4 Å². The highest BCUT2D eigenvalue weighted by molar-refractivity contribution is 5.79. The minimum Gasteiger partial charge on any atom is -0.472 e. The van der Waals surface area contributed by atoms with E-state index in [1.165, 1.54) is 5.56 Å². The topological polar surface area (TPSA) is 76.5 Å². The van der Waals surface area contributed by atoms with Crippen LogP contribution in [0.4, 0.5) is 0 Å². The summed E-state index contributed by atoms with van der Waals surface area (Å²) in [5.41, 5.74) is 2.76. The number of likely N-dealkylation sites (tertiary alicyclic amines) is 2. The molecule has 0 unspecified atom stereocenters. The number of rotatable bonds is 4. The molecule has 0 saturated carbocycles. The largest absolute Gasteiger partial charge is 0.472 e. The van der Waals surface area contributed by atoms with Crippen LogP contribution in [-0.4, -0.2) is 56.0 Å². The first-order chi connectivity index (χ1) is 15.1. The minimum absolute atomic E-state index is 0.0246. The molecule has 31 heavy (non-hydrogen) atoms. The highest BCUT2D eigenvalue weighted by Crippen LogP contribution is 2.28. The van der Waals surface area contributed by atoms with Gasteiger partial charge < -0.3 is 9.32 Å². The van der Waals surface area contributed by atoms with Gasteiger partial charge in [-0.2, -0.15) is 0 Å². The lowest BCUT2D eigenvalue weighted by Gasteiger charge is -2.37. The van der Waals surface area contributed by atoms with E-state index in [0.29, 0.717) is 13.1 Å². The summed E-state index contributed by atoms with van der Waals surface area (Å²) >= 11 is 0. The predicted molar refractivity (Wildman–Crippen MR) is 117 cm³/mol. The van der Waals surface area contributed by atoms with Gasteiger partial charge in [-0.1, -0.05) is 0 Å². The normalized spacial score (nSPS) is 19.3. The zero-order chi connectivity index (χ0) is 21.4. The molecule has 0 bridgehead atoms. The Morgan fingerprint density at radius 2 is 1.90 bits per heavy atom. The van der Waals surface area contributed by atoms with Gasteiger partial charge >= 0.3 is 5.69 Å². The third-order valence-corrected chi connectivity index (χ3v) is 6.91. The molecule has 0 atom stereocenters. The van der Waals surface area contributed by atoms with Gasteiger partial charge in [0, 0.05) is 50.4 Å². The Bertz CT molecular complexity index is 1100. The second-order valence-corrected chi connectivity index (χ2v) is 8.80. The van der Waals surface area contributed by atoms with Crippen molar-refractivity contribution in [3.8, 4) is 0 Å². The molecule has 164 valence electrons. The molecule has 8 heteroatoms. The van der Waals surface area contributed by atoms with Crippen molar-refractivity contribution < 1.29 is 9.21 Å². The molecule has 1 amide bonds. The molecule has 0 radical (unpaired) electrons. The number of carbonyl (C=O) groups excluding carboxylic acids is 1. The number of imidazole rings is 1. The summed E-state index contributed by atoms with van der Waals surface area (Å²) in [4.78, 5) is 34.8. The summed E-state index contributed by atoms with van der Waals surface area (Å²) in [6.07, 6.45) is 8.62. The maximum atomic E-state index is 13.1. The van der Waals surface area contributed by atoms with Crippen molar-refractivity contribution in [2.75, 3.05) is 26.2 Å². The number of piperidine rings is 2. The molecule has 3 aromatic heterocycles. The number of hydrogen-bond donors (Lipinski definition) is 0. The standard InChI is InChI=1S/C23H29N5O3/c1-25-20-3-2-9-24-21(20)28(23(25)30)19-6-12-27(13-7-19)22(29)18-4-10-26(11-5-18)15-17-8-14-31-16-17/h2-3,8-9,14,16,18-19H,4-7,10-13,15H2,1H3. The van der Waals surface area contributed by atoms with E-state index in [9.17, 15) is 9.59 Å². The van der Waals surface area contributed by atoms with E-state index in [0.717, 1.165) is 56.5 Å². The van der Waals surface area contributed by atoms with E-state index in [1.807, 2.05) is 27.7 Å². The number of amides is 1. The van der Waals surface area contributed by atoms with Crippen LogP contribution >= 0.6 is 0 Å². The molecule has 0 N–H and O–H groups in total. The van der Waals surface area contributed by atoms with Crippen LogP contribution in [0.2, 0.25) is 0 Å². The van der Waals surface area contributed by atoms with Gasteiger partial charge in [0.05, 0.1) is 18.0 Å². The lowest BCUT2D eigenvalue weighted by molar-refractivity contribution is -0.138. The third-order valence-electron chi connectivity index (χ3n) is 6.91. The summed E-state index contributed by atoms with van der Waals surface area (Å²) in [5.74, 6) is 0.392. The van der Waals surface area contributed by atoms with Crippen LogP contribution in [0.25, 0.3) is 11.2 Å². The van der Waals surface area contributed by atoms with Gasteiger partial charge in [0.1, 0.15) is 0 Å². The molecule has 2 aliphatic heterocycles. The monoisotopic (exact) mass is 423 g/mol. The molecule has 0 aromatic carbocycles. The SMILES string of the molecule is Cn1c(=O)n(C2CCN(C(=O)C3CCN(Cc4ccoc4)CC3)CC2)c2ncccc21. The molecule has 3 aromatic rings. The maximum Gasteiger partial charge on any atom is 0.330 e. The summed E-state index contributed by atoms with van der Waals surface area (Å²) in [5, 5.41) is 0. The van der Waals surface area contributed by atoms with Crippen molar-refractivity contribution >= 4 is 17.1 Å². The highest BCUT2D eigenvalue weighted by Gasteiger charge is 2.32. The summed E-state index contributed by atoms with van der Waals surface area (Å²) in [6, 6.07) is 5.87. The van der Waals surface area contributed by atoms with E-state index in [1.54, 1.807) is 30.3 Å². The Labute approximate surface area is 181 Å². The number of furan rings is 1. The second kappa shape index (κ2) is 8.34. The van der Waals surface area contributed by atoms with Gasteiger partial charge in [-0.05, 0) is 57.0 Å². The van der Waals surface area contributed by atoms with Crippen LogP contribution < -0.4 is 5.69 Å². The molecule has 2 fully saturated rings. The first-order valence-corrected chi connectivity index (χ1v) is 11.2. The van der Waals surface area contributed by atoms with E-state index in [2.05, 4.69) is 9.88 Å². The van der Waals surface area contributed by atoms with Crippen molar-refractivity contribution in [3.05, 3.63) is 53.0 Å². The van der Waals surface area contributed by atoms with Crippen molar-refractivity contribution in [2.24, 2.45) is 13.0 Å². The van der Waals surface area contributed by atoms with Crippen molar-refractivity contribution in [2.45, 2.75) is 38.3 Å². The highest BCUT2D eigenvalue weighted by atomic mass is 16.3. The van der Waals surface area contributed by atoms with Crippen LogP contribution in [0.5, 0.6) is 0 Å². The summed E-state index contributed by atoms with van der Waals surface area (Å²) in [7, 11) is 1.79. The lowest BCUT2D eigenvalue weighted by atomic mass is 9.93. The van der Waals surface area contributed by atoms with E-state index >= 15 is 0 Å². The first kappa shape index (κ1) is 20.1. The average Bonchev–Trinajstić information content (AvgIpc) is 3.41. The van der Waals surface area contributed by atoms with E-state index in [-0.39, 0.29) is 23.6 Å². The molecule has 8 nitrogen and oxygen atoms in total. The minimum atomic E-state index is -0.0246. The smallest absolute Gasteiger partial charge is 0.330 e. The fourth-order valence-corrected chi connectivity index (χ4v) is 5.10. The molecular formula is C23H29N5O3. The average molecular weight is 424 g/mol. The summed E-state index contributed by atoms with van der Waals surface area (Å²) < 4.78 is 8.64. The third kappa shape index (κ3) is 3.80. The zero-order valence-corrected chi connectivity index (χ0v) is 17.9. The number of aromatic nitrogens is 3. The number of carbonyl (C=O) groups is 1. The predicted octanol–water partition coefficient (Wildman–Crippen LogP) is 2.40. The molecule has 0 spiro atoms. The van der Waals surface area contributed by atoms with Crippen molar-refractivity contribution in [1.29, 1.82) is 0 Å². The Hall–Kier alpha value is -2.87. The number of pyridine rings is 1. The van der Waals surface area contributed by atoms with E-state index < -0.39 is 0 Å². The van der Waals surface area contributed by atoms with Gasteiger partial charge in [-0.25, -0.2) is 9.78 Å². The quantitative estimate of drug-likeness (QED) is 0.644. The van der Waals surface area contributed by atoms with Crippen LogP contribution in [0.15, 0.2) is 46.1 Å². The van der Waals surface area contributed by atoms with Gasteiger partial charge in [-0.3, -0.25) is 18.8 Å². The number of aryl methyl sites for hydroxylation is 1. The first-order valence-electron chi connectivity index (χ1n) is 11.2. The van der Waals surface area contributed by atoms with Gasteiger partial charge in [0.15, 0.2) is 5.65 Å². The molecular weight excluding hydrogens is 394 g/mol. The molecule has 2 saturated heterocycles. The molecule has 5 rings (SSSR count). The van der Waals surface area contributed by atoms with E-state index in [4.69, 9.17) is 4.42 Å². The van der Waals surface area contributed by atoms with Crippen LogP contribution in [0.3, 0.4) is 0 Å². The number of nitrogens with zero attached hydrogens (tertiary/aromatic N) is 5. The van der Waals surface area contributed by atoms with Gasteiger partial charge in [0.25, 0.3) is 0 Å². The summed E-state index contributed by atoms with van der Waals surface area (Å²) in [6.45, 7) is 4.17. The van der Waals surface area contributed by atoms with Gasteiger partial charge in [0.2, 0.25) is 5.91 Å². The lowest BCUT2D eigenvalue weighted by Crippen LogP contribution is -2.46. The maximum absolute atomic E-state index is 13.1. The fraction of sp³-hybridized carbons (Fsp3) is 0.522. The Morgan fingerprint density at radius 3 is 2.61 bits per heavy atom. The Kier molecular flexibility index (Phi) is 5.40. The second-order valence-electron chi connectivity index (χ2n) is 8.80. The van der Waals surface area contributed by atoms with Gasteiger partial charge in [-0.15, -0.1) is 0 Å². The molecule has 5 heterocycles. The number of fused-ring (bicyclic) bond motifs is 1. The number of hydrogen-bond acceptors (Lipinski definition) is 5.